The van der Waals surface area contributed by atoms with E-state index < -0.39 is 11.6 Å². The van der Waals surface area contributed by atoms with Gasteiger partial charge in [0, 0.05) is 0 Å². The van der Waals surface area contributed by atoms with Crippen molar-refractivity contribution >= 4 is 5.97 Å². The van der Waals surface area contributed by atoms with Crippen molar-refractivity contribution in [1.29, 1.82) is 0 Å². The lowest BCUT2D eigenvalue weighted by atomic mass is 10.1. The lowest BCUT2D eigenvalue weighted by Crippen LogP contribution is -2.38. The van der Waals surface area contributed by atoms with Gasteiger partial charge in [-0.1, -0.05) is 30.3 Å². The topological polar surface area (TPSA) is 61.5 Å². The van der Waals surface area contributed by atoms with Crippen molar-refractivity contribution in [2.45, 2.75) is 26.1 Å². The maximum absolute atomic E-state index is 11.4. The molecule has 0 saturated carbocycles. The molecule has 0 spiro atoms. The van der Waals surface area contributed by atoms with Crippen LogP contribution in [0.3, 0.4) is 0 Å². The average molecular weight is 209 g/mol. The number of carbonyl (C=O) groups excluding carboxylic acids is 1. The van der Waals surface area contributed by atoms with Crippen LogP contribution in [-0.2, 0) is 21.0 Å². The summed E-state index contributed by atoms with van der Waals surface area (Å²) in [7, 11) is 0. The SMILES string of the molecule is CC(C)(ON)C(=O)OCc1ccccc1. The largest absolute Gasteiger partial charge is 0.459 e. The lowest BCUT2D eigenvalue weighted by Gasteiger charge is -2.19. The van der Waals surface area contributed by atoms with E-state index >= 15 is 0 Å². The number of benzene rings is 1. The molecule has 82 valence electrons. The molecule has 4 nitrogen and oxygen atoms in total. The standard InChI is InChI=1S/C11H15NO3/c1-11(2,15-12)10(13)14-8-9-6-4-3-5-7-9/h3-7H,8,12H2,1-2H3. The number of rotatable bonds is 4. The normalized spacial score (nSPS) is 11.1. The van der Waals surface area contributed by atoms with Gasteiger partial charge in [-0.05, 0) is 19.4 Å². The van der Waals surface area contributed by atoms with Crippen LogP contribution >= 0.6 is 0 Å². The Morgan fingerprint density at radius 1 is 1.33 bits per heavy atom. The molecule has 0 amide bonds. The molecular formula is C11H15NO3. The maximum atomic E-state index is 11.4. The number of nitrogens with two attached hydrogens (primary N) is 1. The minimum Gasteiger partial charge on any atom is -0.459 e. The summed E-state index contributed by atoms with van der Waals surface area (Å²) in [5, 5.41) is 0. The Bertz CT molecular complexity index is 322. The highest BCUT2D eigenvalue weighted by Crippen LogP contribution is 2.10. The van der Waals surface area contributed by atoms with Gasteiger partial charge in [0.1, 0.15) is 6.61 Å². The first kappa shape index (κ1) is 11.7. The van der Waals surface area contributed by atoms with E-state index in [9.17, 15) is 4.79 Å². The van der Waals surface area contributed by atoms with Gasteiger partial charge in [-0.25, -0.2) is 10.7 Å². The number of esters is 1. The van der Waals surface area contributed by atoms with Crippen molar-refractivity contribution < 1.29 is 14.4 Å². The maximum Gasteiger partial charge on any atom is 0.340 e. The lowest BCUT2D eigenvalue weighted by molar-refractivity contribution is -0.170. The molecule has 0 heterocycles. The smallest absolute Gasteiger partial charge is 0.340 e. The highest BCUT2D eigenvalue weighted by Gasteiger charge is 2.29. The van der Waals surface area contributed by atoms with E-state index in [1.165, 1.54) is 0 Å². The van der Waals surface area contributed by atoms with Crippen molar-refractivity contribution in [2.24, 2.45) is 5.90 Å². The fourth-order valence-electron chi connectivity index (χ4n) is 0.945. The van der Waals surface area contributed by atoms with Gasteiger partial charge in [0.15, 0.2) is 5.60 Å². The monoisotopic (exact) mass is 209 g/mol. The zero-order valence-electron chi connectivity index (χ0n) is 8.90. The van der Waals surface area contributed by atoms with E-state index in [0.717, 1.165) is 5.56 Å². The molecule has 0 aliphatic heterocycles. The molecule has 1 rings (SSSR count). The molecule has 0 atom stereocenters. The Morgan fingerprint density at radius 2 is 1.93 bits per heavy atom. The van der Waals surface area contributed by atoms with E-state index in [0.29, 0.717) is 0 Å². The molecule has 1 aromatic rings. The van der Waals surface area contributed by atoms with Gasteiger partial charge >= 0.3 is 5.97 Å². The highest BCUT2D eigenvalue weighted by molar-refractivity contribution is 5.78. The number of ether oxygens (including phenoxy) is 1. The van der Waals surface area contributed by atoms with Crippen LogP contribution in [0.1, 0.15) is 19.4 Å². The third-order valence-electron chi connectivity index (χ3n) is 2.00. The zero-order chi connectivity index (χ0) is 11.3. The van der Waals surface area contributed by atoms with Crippen LogP contribution in [0, 0.1) is 0 Å². The molecule has 0 aromatic heterocycles. The Labute approximate surface area is 88.9 Å². The minimum absolute atomic E-state index is 0.229. The van der Waals surface area contributed by atoms with Crippen molar-refractivity contribution in [1.82, 2.24) is 0 Å². The van der Waals surface area contributed by atoms with Gasteiger partial charge < -0.3 is 4.74 Å². The predicted octanol–water partition coefficient (Wildman–Crippen LogP) is 1.40. The van der Waals surface area contributed by atoms with Crippen LogP contribution in [-0.4, -0.2) is 11.6 Å². The summed E-state index contributed by atoms with van der Waals surface area (Å²) < 4.78 is 5.04. The molecular weight excluding hydrogens is 194 g/mol. The fraction of sp³-hybridized carbons (Fsp3) is 0.364. The Hall–Kier alpha value is -1.39. The predicted molar refractivity (Wildman–Crippen MR) is 55.6 cm³/mol. The fourth-order valence-corrected chi connectivity index (χ4v) is 0.945. The Morgan fingerprint density at radius 3 is 2.47 bits per heavy atom. The molecule has 0 bridgehead atoms. The zero-order valence-corrected chi connectivity index (χ0v) is 8.90. The molecule has 1 aromatic carbocycles. The van der Waals surface area contributed by atoms with Crippen molar-refractivity contribution in [2.75, 3.05) is 0 Å². The van der Waals surface area contributed by atoms with Gasteiger partial charge in [0.05, 0.1) is 0 Å². The van der Waals surface area contributed by atoms with Gasteiger partial charge in [-0.3, -0.25) is 4.84 Å². The molecule has 0 unspecified atom stereocenters. The second kappa shape index (κ2) is 4.91. The van der Waals surface area contributed by atoms with Crippen LogP contribution in [0.25, 0.3) is 0 Å². The van der Waals surface area contributed by atoms with E-state index in [4.69, 9.17) is 10.6 Å². The Balaban J connectivity index is 2.48. The summed E-state index contributed by atoms with van der Waals surface area (Å²) >= 11 is 0. The summed E-state index contributed by atoms with van der Waals surface area (Å²) in [6.07, 6.45) is 0. The second-order valence-corrected chi connectivity index (χ2v) is 3.69. The average Bonchev–Trinajstić information content (AvgIpc) is 2.27. The third-order valence-corrected chi connectivity index (χ3v) is 2.00. The van der Waals surface area contributed by atoms with Crippen molar-refractivity contribution in [3.05, 3.63) is 35.9 Å². The van der Waals surface area contributed by atoms with E-state index in [1.807, 2.05) is 30.3 Å². The van der Waals surface area contributed by atoms with Crippen LogP contribution in [0.15, 0.2) is 30.3 Å². The van der Waals surface area contributed by atoms with Gasteiger partial charge in [-0.15, -0.1) is 0 Å². The van der Waals surface area contributed by atoms with Gasteiger partial charge in [-0.2, -0.15) is 0 Å². The van der Waals surface area contributed by atoms with Crippen LogP contribution in [0.5, 0.6) is 0 Å². The van der Waals surface area contributed by atoms with Gasteiger partial charge in [0.2, 0.25) is 0 Å². The molecule has 2 N–H and O–H groups in total. The number of hydrogen-bond donors (Lipinski definition) is 1. The van der Waals surface area contributed by atoms with Crippen LogP contribution in [0.2, 0.25) is 0 Å². The van der Waals surface area contributed by atoms with E-state index in [-0.39, 0.29) is 6.61 Å². The minimum atomic E-state index is -1.10. The highest BCUT2D eigenvalue weighted by atomic mass is 16.7. The molecule has 0 aliphatic carbocycles. The quantitative estimate of drug-likeness (QED) is 0.601. The van der Waals surface area contributed by atoms with Crippen molar-refractivity contribution in [3.8, 4) is 0 Å². The number of hydrogen-bond acceptors (Lipinski definition) is 4. The first-order chi connectivity index (χ1) is 7.06. The summed E-state index contributed by atoms with van der Waals surface area (Å²) in [6.45, 7) is 3.34. The summed E-state index contributed by atoms with van der Waals surface area (Å²) in [6, 6.07) is 9.42. The third kappa shape index (κ3) is 3.34. The van der Waals surface area contributed by atoms with E-state index in [2.05, 4.69) is 4.84 Å². The summed E-state index contributed by atoms with van der Waals surface area (Å²) in [4.78, 5) is 16.0. The van der Waals surface area contributed by atoms with Crippen LogP contribution < -0.4 is 5.90 Å². The van der Waals surface area contributed by atoms with Gasteiger partial charge in [0.25, 0.3) is 0 Å². The van der Waals surface area contributed by atoms with E-state index in [1.54, 1.807) is 13.8 Å². The molecule has 0 radical (unpaired) electrons. The summed E-state index contributed by atoms with van der Waals surface area (Å²) in [5.74, 6) is 4.50. The molecule has 0 saturated heterocycles. The second-order valence-electron chi connectivity index (χ2n) is 3.69. The molecule has 0 fully saturated rings. The first-order valence-electron chi connectivity index (χ1n) is 4.65. The van der Waals surface area contributed by atoms with Crippen LogP contribution in [0.4, 0.5) is 0 Å². The molecule has 0 aliphatic rings. The first-order valence-corrected chi connectivity index (χ1v) is 4.65. The van der Waals surface area contributed by atoms with Crippen molar-refractivity contribution in [3.63, 3.8) is 0 Å². The molecule has 4 heteroatoms. The number of carbonyl (C=O) groups is 1. The summed E-state index contributed by atoms with van der Waals surface area (Å²) in [5.41, 5.74) is -0.173. The Kier molecular flexibility index (Phi) is 3.82. The molecule has 15 heavy (non-hydrogen) atoms.